The van der Waals surface area contributed by atoms with Gasteiger partial charge < -0.3 is 0 Å². The second-order valence-electron chi connectivity index (χ2n) is 5.93. The molecule has 109 valence electrons. The van der Waals surface area contributed by atoms with Crippen molar-refractivity contribution in [2.45, 2.75) is 96.3 Å². The largest absolute Gasteiger partial charge is 0.0845 e. The third-order valence-corrected chi connectivity index (χ3v) is 4.04. The summed E-state index contributed by atoms with van der Waals surface area (Å²) in [5, 5.41) is 0. The first-order chi connectivity index (χ1) is 9.50. The van der Waals surface area contributed by atoms with Crippen LogP contribution in [0.3, 0.4) is 0 Å². The molecule has 0 unspecified atom stereocenters. The first-order valence-electron chi connectivity index (χ1n) is 8.72. The Morgan fingerprint density at radius 3 is 1.58 bits per heavy atom. The number of hydrogen-bond donors (Lipinski definition) is 0. The molecule has 1 rings (SSSR count). The summed E-state index contributed by atoms with van der Waals surface area (Å²) in [6.45, 7) is 0. The molecule has 0 amide bonds. The second-order valence-corrected chi connectivity index (χ2v) is 5.93. The lowest BCUT2D eigenvalue weighted by molar-refractivity contribution is 0.537. The van der Waals surface area contributed by atoms with E-state index in [9.17, 15) is 0 Å². The average molecular weight is 261 g/mol. The predicted molar refractivity (Wildman–Crippen MR) is 86.2 cm³/mol. The zero-order valence-corrected chi connectivity index (χ0v) is 12.8. The minimum atomic E-state index is 1.14. The fraction of sp³-hybridized carbons (Fsp3) is 0.789. The van der Waals surface area contributed by atoms with Crippen LogP contribution in [0.1, 0.15) is 96.3 Å². The van der Waals surface area contributed by atoms with Crippen molar-refractivity contribution in [3.63, 3.8) is 0 Å². The standard InChI is InChI=1S/C19H33/c1-2-4-6-8-10-12-14-16-18-19-17-15-13-11-9-7-5-3-1/h1-3H,4,6-19H2/b2-1+,5-3?. The number of allylic oxidation sites excluding steroid dienone is 4. The number of hydrogen-bond acceptors (Lipinski definition) is 0. The van der Waals surface area contributed by atoms with Gasteiger partial charge in [0.1, 0.15) is 0 Å². The van der Waals surface area contributed by atoms with Gasteiger partial charge in [0.05, 0.1) is 0 Å². The Balaban J connectivity index is 2.12. The molecule has 0 aliphatic heterocycles. The van der Waals surface area contributed by atoms with Crippen molar-refractivity contribution in [3.8, 4) is 0 Å². The second kappa shape index (κ2) is 13.9. The van der Waals surface area contributed by atoms with Gasteiger partial charge in [-0.15, -0.1) is 0 Å². The maximum absolute atomic E-state index is 3.39. The molecule has 0 nitrogen and oxygen atoms in total. The summed E-state index contributed by atoms with van der Waals surface area (Å²) in [5.41, 5.74) is 0. The van der Waals surface area contributed by atoms with Gasteiger partial charge in [-0.05, 0) is 31.8 Å². The van der Waals surface area contributed by atoms with Crippen molar-refractivity contribution in [2.75, 3.05) is 0 Å². The van der Waals surface area contributed by atoms with Crippen molar-refractivity contribution < 1.29 is 0 Å². The monoisotopic (exact) mass is 261 g/mol. The molecule has 0 aromatic carbocycles. The van der Waals surface area contributed by atoms with Gasteiger partial charge >= 0.3 is 0 Å². The summed E-state index contributed by atoms with van der Waals surface area (Å²) in [7, 11) is 0. The minimum absolute atomic E-state index is 1.14. The van der Waals surface area contributed by atoms with Crippen LogP contribution in [0.4, 0.5) is 0 Å². The Morgan fingerprint density at radius 1 is 0.526 bits per heavy atom. The molecule has 19 heavy (non-hydrogen) atoms. The summed E-state index contributed by atoms with van der Waals surface area (Å²) >= 11 is 0. The van der Waals surface area contributed by atoms with Crippen LogP contribution in [0.2, 0.25) is 0 Å². The van der Waals surface area contributed by atoms with E-state index in [1.165, 1.54) is 89.9 Å². The Bertz CT molecular complexity index is 200. The molecule has 1 radical (unpaired) electrons. The Labute approximate surface area is 121 Å². The molecular weight excluding hydrogens is 228 g/mol. The third-order valence-electron chi connectivity index (χ3n) is 4.04. The van der Waals surface area contributed by atoms with E-state index in [-0.39, 0.29) is 0 Å². The Morgan fingerprint density at radius 2 is 1.00 bits per heavy atom. The van der Waals surface area contributed by atoms with Crippen LogP contribution in [0.25, 0.3) is 0 Å². The molecule has 0 N–H and O–H groups in total. The lowest BCUT2D eigenvalue weighted by Gasteiger charge is -2.02. The molecule has 0 heteroatoms. The van der Waals surface area contributed by atoms with Crippen LogP contribution in [0, 0.1) is 6.08 Å². The highest BCUT2D eigenvalue weighted by Crippen LogP contribution is 2.13. The molecule has 0 spiro atoms. The first kappa shape index (κ1) is 16.5. The molecule has 0 aromatic rings. The summed E-state index contributed by atoms with van der Waals surface area (Å²) in [6, 6.07) is 0. The van der Waals surface area contributed by atoms with Crippen molar-refractivity contribution in [1.82, 2.24) is 0 Å². The number of rotatable bonds is 0. The maximum Gasteiger partial charge on any atom is -0.0276 e. The van der Waals surface area contributed by atoms with E-state index in [4.69, 9.17) is 0 Å². The highest BCUT2D eigenvalue weighted by Gasteiger charge is 1.94. The zero-order chi connectivity index (χ0) is 13.4. The first-order valence-corrected chi connectivity index (χ1v) is 8.72. The summed E-state index contributed by atoms with van der Waals surface area (Å²) in [5.74, 6) is 0. The molecule has 1 aliphatic carbocycles. The van der Waals surface area contributed by atoms with E-state index >= 15 is 0 Å². The predicted octanol–water partition coefficient (Wildman–Crippen LogP) is 6.77. The smallest absolute Gasteiger partial charge is 0.0276 e. The normalized spacial score (nSPS) is 25.7. The molecule has 0 saturated carbocycles. The Kier molecular flexibility index (Phi) is 12.1. The highest BCUT2D eigenvalue weighted by molar-refractivity contribution is 4.98. The van der Waals surface area contributed by atoms with E-state index in [0.29, 0.717) is 0 Å². The van der Waals surface area contributed by atoms with E-state index in [1.807, 2.05) is 0 Å². The van der Waals surface area contributed by atoms with Gasteiger partial charge in [0, 0.05) is 0 Å². The van der Waals surface area contributed by atoms with Crippen molar-refractivity contribution >= 4 is 0 Å². The highest BCUT2D eigenvalue weighted by atomic mass is 14.0. The molecule has 0 bridgehead atoms. The molecule has 0 aromatic heterocycles. The van der Waals surface area contributed by atoms with Gasteiger partial charge in [-0.1, -0.05) is 88.9 Å². The SMILES string of the molecule is [C]1=C/C=C/CCCCCCCCCCCCCCC/1. The maximum atomic E-state index is 3.39. The van der Waals surface area contributed by atoms with Gasteiger partial charge in [-0.3, -0.25) is 0 Å². The third kappa shape index (κ3) is 12.3. The topological polar surface area (TPSA) is 0 Å². The molecule has 0 heterocycles. The van der Waals surface area contributed by atoms with Gasteiger partial charge in [0.2, 0.25) is 0 Å². The van der Waals surface area contributed by atoms with Gasteiger partial charge in [0.15, 0.2) is 0 Å². The molecule has 1 aliphatic rings. The van der Waals surface area contributed by atoms with Crippen molar-refractivity contribution in [3.05, 3.63) is 24.3 Å². The van der Waals surface area contributed by atoms with E-state index < -0.39 is 0 Å². The van der Waals surface area contributed by atoms with Crippen LogP contribution in [-0.4, -0.2) is 0 Å². The quantitative estimate of drug-likeness (QED) is 0.451. The van der Waals surface area contributed by atoms with Crippen LogP contribution >= 0.6 is 0 Å². The minimum Gasteiger partial charge on any atom is -0.0845 e. The van der Waals surface area contributed by atoms with Crippen molar-refractivity contribution in [1.29, 1.82) is 0 Å². The van der Waals surface area contributed by atoms with Crippen LogP contribution in [0.5, 0.6) is 0 Å². The fourth-order valence-electron chi connectivity index (χ4n) is 2.75. The molecule has 0 fully saturated rings. The van der Waals surface area contributed by atoms with E-state index in [2.05, 4.69) is 24.3 Å². The van der Waals surface area contributed by atoms with Gasteiger partial charge in [-0.2, -0.15) is 0 Å². The lowest BCUT2D eigenvalue weighted by atomic mass is 10.0. The fourth-order valence-corrected chi connectivity index (χ4v) is 2.75. The van der Waals surface area contributed by atoms with Crippen LogP contribution in [0.15, 0.2) is 18.2 Å². The summed E-state index contributed by atoms with van der Waals surface area (Å²) < 4.78 is 0. The van der Waals surface area contributed by atoms with Gasteiger partial charge in [-0.25, -0.2) is 0 Å². The van der Waals surface area contributed by atoms with Crippen LogP contribution in [-0.2, 0) is 0 Å². The van der Waals surface area contributed by atoms with Crippen molar-refractivity contribution in [2.24, 2.45) is 0 Å². The zero-order valence-electron chi connectivity index (χ0n) is 12.8. The molecule has 0 atom stereocenters. The van der Waals surface area contributed by atoms with E-state index in [0.717, 1.165) is 6.42 Å². The van der Waals surface area contributed by atoms with Gasteiger partial charge in [0.25, 0.3) is 0 Å². The summed E-state index contributed by atoms with van der Waals surface area (Å²) in [6.07, 6.45) is 31.0. The van der Waals surface area contributed by atoms with E-state index in [1.54, 1.807) is 0 Å². The Hall–Kier alpha value is -0.520. The molecule has 0 saturated heterocycles. The lowest BCUT2D eigenvalue weighted by Crippen LogP contribution is -1.83. The average Bonchev–Trinajstić information content (AvgIpc) is 2.43. The summed E-state index contributed by atoms with van der Waals surface area (Å²) in [4.78, 5) is 0. The molecular formula is C19H33. The van der Waals surface area contributed by atoms with Crippen LogP contribution < -0.4 is 0 Å².